The molecule has 1 fully saturated rings. The average Bonchev–Trinajstić information content (AvgIpc) is 3.11. The van der Waals surface area contributed by atoms with Crippen LogP contribution in [-0.4, -0.2) is 89.6 Å². The minimum atomic E-state index is -1.54. The first-order valence-electron chi connectivity index (χ1n) is 19.0. The number of hydrogen-bond acceptors (Lipinski definition) is 9. The maximum absolute atomic E-state index is 12.5. The Kier molecular flexibility index (Phi) is 29.7. The van der Waals surface area contributed by atoms with E-state index >= 15 is 0 Å². The van der Waals surface area contributed by atoms with Gasteiger partial charge in [-0.2, -0.15) is 0 Å². The van der Waals surface area contributed by atoms with Gasteiger partial charge in [0.1, 0.15) is 30.5 Å². The predicted molar refractivity (Wildman–Crippen MR) is 200 cm³/mol. The van der Waals surface area contributed by atoms with Crippen molar-refractivity contribution in [2.24, 2.45) is 0 Å². The largest absolute Gasteiger partial charge is 0.457 e. The second-order valence-electron chi connectivity index (χ2n) is 12.6. The van der Waals surface area contributed by atoms with Crippen LogP contribution in [0, 0.1) is 0 Å². The summed E-state index contributed by atoms with van der Waals surface area (Å²) in [6.07, 6.45) is 34.0. The second kappa shape index (κ2) is 32.5. The third-order valence-corrected chi connectivity index (χ3v) is 8.14. The molecule has 0 amide bonds. The van der Waals surface area contributed by atoms with Crippen molar-refractivity contribution in [2.75, 3.05) is 26.4 Å². The van der Waals surface area contributed by atoms with E-state index in [0.29, 0.717) is 13.0 Å². The SMILES string of the molecule is CC/C=C\C/C=C\C/C=C\C/C=C\C/C=C\C/C=C\CCCCCOCC(COC1OC(CO)C(O)C(O)C1O)OC(=O)CCCCCCC. The molecule has 4 N–H and O–H groups in total. The van der Waals surface area contributed by atoms with Crippen molar-refractivity contribution in [1.29, 1.82) is 0 Å². The van der Waals surface area contributed by atoms with Crippen LogP contribution in [0.4, 0.5) is 0 Å². The van der Waals surface area contributed by atoms with E-state index < -0.39 is 43.4 Å². The number of esters is 1. The summed E-state index contributed by atoms with van der Waals surface area (Å²) in [7, 11) is 0. The molecule has 1 aliphatic rings. The fourth-order valence-electron chi connectivity index (χ4n) is 5.14. The van der Waals surface area contributed by atoms with Gasteiger partial charge in [-0.1, -0.05) is 119 Å². The first kappa shape index (κ1) is 45.7. The first-order valence-corrected chi connectivity index (χ1v) is 19.0. The molecule has 0 aliphatic carbocycles. The molecule has 1 aliphatic heterocycles. The maximum Gasteiger partial charge on any atom is 0.306 e. The molecule has 50 heavy (non-hydrogen) atoms. The van der Waals surface area contributed by atoms with E-state index in [9.17, 15) is 25.2 Å². The van der Waals surface area contributed by atoms with Crippen molar-refractivity contribution >= 4 is 5.97 Å². The van der Waals surface area contributed by atoms with E-state index in [2.05, 4.69) is 86.8 Å². The number of allylic oxidation sites excluding steroid dienone is 12. The summed E-state index contributed by atoms with van der Waals surface area (Å²) in [5.41, 5.74) is 0. The number of carbonyl (C=O) groups is 1. The third kappa shape index (κ3) is 23.9. The van der Waals surface area contributed by atoms with E-state index in [0.717, 1.165) is 96.3 Å². The van der Waals surface area contributed by atoms with Crippen LogP contribution >= 0.6 is 0 Å². The quantitative estimate of drug-likeness (QED) is 0.0344. The highest BCUT2D eigenvalue weighted by atomic mass is 16.7. The molecule has 9 heteroatoms. The Balaban J connectivity index is 2.25. The van der Waals surface area contributed by atoms with E-state index in [1.165, 1.54) is 0 Å². The van der Waals surface area contributed by atoms with Gasteiger partial charge in [0.15, 0.2) is 6.29 Å². The number of carbonyl (C=O) groups excluding carboxylic acids is 1. The Labute approximate surface area is 302 Å². The van der Waals surface area contributed by atoms with Crippen LogP contribution in [0.2, 0.25) is 0 Å². The van der Waals surface area contributed by atoms with Crippen molar-refractivity contribution in [1.82, 2.24) is 0 Å². The smallest absolute Gasteiger partial charge is 0.306 e. The van der Waals surface area contributed by atoms with Crippen molar-refractivity contribution in [3.63, 3.8) is 0 Å². The van der Waals surface area contributed by atoms with Crippen LogP contribution in [0.15, 0.2) is 72.9 Å². The summed E-state index contributed by atoms with van der Waals surface area (Å²) in [5, 5.41) is 39.8. The van der Waals surface area contributed by atoms with Crippen LogP contribution < -0.4 is 0 Å². The normalized spacial score (nSPS) is 22.4. The minimum Gasteiger partial charge on any atom is -0.457 e. The van der Waals surface area contributed by atoms with Gasteiger partial charge < -0.3 is 39.4 Å². The third-order valence-electron chi connectivity index (χ3n) is 8.14. The number of rotatable bonds is 30. The molecule has 6 unspecified atom stereocenters. The van der Waals surface area contributed by atoms with Gasteiger partial charge in [0.05, 0.1) is 19.8 Å². The fraction of sp³-hybridized carbons (Fsp3) is 0.683. The molecule has 0 aromatic carbocycles. The predicted octanol–water partition coefficient (Wildman–Crippen LogP) is 7.35. The van der Waals surface area contributed by atoms with Gasteiger partial charge in [-0.3, -0.25) is 4.79 Å². The standard InChI is InChI=1S/C41H68O9/c1-3-5-7-9-10-11-12-13-14-15-16-17-18-19-20-21-22-23-24-25-27-29-31-47-33-35(49-37(43)30-28-26-8-6-4-2)34-48-41-40(46)39(45)38(44)36(32-42)50-41/h5,7,10-11,13-14,16-17,19-20,22-23,35-36,38-42,44-46H,3-4,6,8-9,12,15,18,21,24-34H2,1-2H3/b7-5-,11-10-,14-13-,17-16-,20-19-,23-22-. The summed E-state index contributed by atoms with van der Waals surface area (Å²) in [6, 6.07) is 0. The molecule has 0 bridgehead atoms. The lowest BCUT2D eigenvalue weighted by Crippen LogP contribution is -2.59. The topological polar surface area (TPSA) is 135 Å². The molecule has 1 heterocycles. The highest BCUT2D eigenvalue weighted by Gasteiger charge is 2.44. The monoisotopic (exact) mass is 704 g/mol. The van der Waals surface area contributed by atoms with Gasteiger partial charge in [-0.05, 0) is 64.2 Å². The summed E-state index contributed by atoms with van der Waals surface area (Å²) in [4.78, 5) is 12.5. The number of ether oxygens (including phenoxy) is 4. The van der Waals surface area contributed by atoms with E-state index in [1.807, 2.05) is 0 Å². The molecule has 0 saturated carbocycles. The summed E-state index contributed by atoms with van der Waals surface area (Å²) in [6.45, 7) is 4.23. The number of hydrogen-bond donors (Lipinski definition) is 4. The molecule has 9 nitrogen and oxygen atoms in total. The van der Waals surface area contributed by atoms with Crippen LogP contribution in [0.25, 0.3) is 0 Å². The van der Waals surface area contributed by atoms with E-state index in [-0.39, 0.29) is 19.2 Å². The molecular weight excluding hydrogens is 636 g/mol. The van der Waals surface area contributed by atoms with Gasteiger partial charge in [-0.15, -0.1) is 0 Å². The lowest BCUT2D eigenvalue weighted by molar-refractivity contribution is -0.305. The Hall–Kier alpha value is -2.37. The molecule has 0 radical (unpaired) electrons. The van der Waals surface area contributed by atoms with Gasteiger partial charge >= 0.3 is 5.97 Å². The Morgan fingerprint density at radius 1 is 0.660 bits per heavy atom. The van der Waals surface area contributed by atoms with Crippen LogP contribution in [0.5, 0.6) is 0 Å². The zero-order valence-electron chi connectivity index (χ0n) is 30.9. The summed E-state index contributed by atoms with van der Waals surface area (Å²) in [5.74, 6) is -0.344. The van der Waals surface area contributed by atoms with Crippen molar-refractivity contribution in [3.8, 4) is 0 Å². The molecule has 286 valence electrons. The van der Waals surface area contributed by atoms with E-state index in [1.54, 1.807) is 0 Å². The first-order chi connectivity index (χ1) is 24.4. The molecule has 1 rings (SSSR count). The van der Waals surface area contributed by atoms with Crippen LogP contribution in [0.1, 0.15) is 117 Å². The van der Waals surface area contributed by atoms with Gasteiger partial charge in [-0.25, -0.2) is 0 Å². The zero-order valence-corrected chi connectivity index (χ0v) is 30.9. The number of aliphatic hydroxyl groups excluding tert-OH is 4. The fourth-order valence-corrected chi connectivity index (χ4v) is 5.14. The maximum atomic E-state index is 12.5. The molecule has 0 spiro atoms. The average molecular weight is 705 g/mol. The molecule has 1 saturated heterocycles. The molecule has 0 aromatic heterocycles. The minimum absolute atomic E-state index is 0.117. The van der Waals surface area contributed by atoms with Gasteiger partial charge in [0.25, 0.3) is 0 Å². The van der Waals surface area contributed by atoms with Crippen molar-refractivity contribution in [2.45, 2.75) is 153 Å². The summed E-state index contributed by atoms with van der Waals surface area (Å²) >= 11 is 0. The molecule has 0 aromatic rings. The Bertz CT molecular complexity index is 985. The highest BCUT2D eigenvalue weighted by Crippen LogP contribution is 2.22. The highest BCUT2D eigenvalue weighted by molar-refractivity contribution is 5.69. The van der Waals surface area contributed by atoms with E-state index in [4.69, 9.17) is 18.9 Å². The number of aliphatic hydroxyl groups is 4. The summed E-state index contributed by atoms with van der Waals surface area (Å²) < 4.78 is 22.5. The van der Waals surface area contributed by atoms with Gasteiger partial charge in [0.2, 0.25) is 0 Å². The lowest BCUT2D eigenvalue weighted by Gasteiger charge is -2.39. The lowest BCUT2D eigenvalue weighted by atomic mass is 9.99. The van der Waals surface area contributed by atoms with Crippen molar-refractivity contribution in [3.05, 3.63) is 72.9 Å². The Morgan fingerprint density at radius 3 is 1.80 bits per heavy atom. The second-order valence-corrected chi connectivity index (χ2v) is 12.6. The van der Waals surface area contributed by atoms with Crippen LogP contribution in [0.3, 0.4) is 0 Å². The van der Waals surface area contributed by atoms with Crippen LogP contribution in [-0.2, 0) is 23.7 Å². The molecule has 6 atom stereocenters. The zero-order chi connectivity index (χ0) is 36.5. The number of unbranched alkanes of at least 4 members (excludes halogenated alkanes) is 7. The Morgan fingerprint density at radius 2 is 1.22 bits per heavy atom. The van der Waals surface area contributed by atoms with Crippen molar-refractivity contribution < 1.29 is 44.2 Å². The molecular formula is C41H68O9. The van der Waals surface area contributed by atoms with Gasteiger partial charge in [0, 0.05) is 13.0 Å².